The first-order valence-electron chi connectivity index (χ1n) is 4.38. The van der Waals surface area contributed by atoms with E-state index in [0.29, 0.717) is 0 Å². The quantitative estimate of drug-likeness (QED) is 0.662. The van der Waals surface area contributed by atoms with Gasteiger partial charge in [-0.15, -0.1) is 11.6 Å². The highest BCUT2D eigenvalue weighted by Gasteiger charge is 2.31. The maximum absolute atomic E-state index is 6.42. The molecule has 0 aromatic heterocycles. The van der Waals surface area contributed by atoms with Gasteiger partial charge in [0.2, 0.25) is 0 Å². The van der Waals surface area contributed by atoms with E-state index in [4.69, 9.17) is 11.6 Å². The summed E-state index contributed by atoms with van der Waals surface area (Å²) in [4.78, 5) is 0.0910. The van der Waals surface area contributed by atoms with E-state index in [1.54, 1.807) is 0 Å². The molecule has 0 amide bonds. The van der Waals surface area contributed by atoms with Crippen LogP contribution in [0.5, 0.6) is 0 Å². The Hall–Kier alpha value is 0.250. The predicted octanol–water partition coefficient (Wildman–Crippen LogP) is 4.04. The Morgan fingerprint density at radius 3 is 2.83 bits per heavy atom. The van der Waals surface area contributed by atoms with Crippen molar-refractivity contribution in [2.24, 2.45) is 0 Å². The SMILES string of the molecule is CCCCC1(Cl)C=CC=CC1Br. The summed E-state index contributed by atoms with van der Waals surface area (Å²) in [5.41, 5.74) is 0. The lowest BCUT2D eigenvalue weighted by Crippen LogP contribution is -2.30. The summed E-state index contributed by atoms with van der Waals surface area (Å²) in [6.07, 6.45) is 11.7. The maximum atomic E-state index is 6.42. The van der Waals surface area contributed by atoms with E-state index in [1.807, 2.05) is 12.2 Å². The summed E-state index contributed by atoms with van der Waals surface area (Å²) in [5, 5.41) is 0. The Morgan fingerprint density at radius 1 is 1.50 bits per heavy atom. The fourth-order valence-electron chi connectivity index (χ4n) is 1.30. The van der Waals surface area contributed by atoms with Gasteiger partial charge in [-0.2, -0.15) is 0 Å². The Morgan fingerprint density at radius 2 is 2.25 bits per heavy atom. The Balaban J connectivity index is 2.57. The lowest BCUT2D eigenvalue weighted by Gasteiger charge is -2.28. The second kappa shape index (κ2) is 4.48. The fraction of sp³-hybridized carbons (Fsp3) is 0.600. The molecule has 0 nitrogen and oxygen atoms in total. The van der Waals surface area contributed by atoms with E-state index in [0.717, 1.165) is 6.42 Å². The Bertz CT molecular complexity index is 198. The third kappa shape index (κ3) is 2.37. The highest BCUT2D eigenvalue weighted by Crippen LogP contribution is 2.35. The van der Waals surface area contributed by atoms with Crippen LogP contribution in [0.2, 0.25) is 0 Å². The lowest BCUT2D eigenvalue weighted by atomic mass is 9.94. The van der Waals surface area contributed by atoms with E-state index in [1.165, 1.54) is 12.8 Å². The number of rotatable bonds is 3. The molecule has 2 atom stereocenters. The van der Waals surface area contributed by atoms with E-state index in [2.05, 4.69) is 35.0 Å². The lowest BCUT2D eigenvalue weighted by molar-refractivity contribution is 0.602. The number of alkyl halides is 2. The molecule has 68 valence electrons. The number of allylic oxidation sites excluding steroid dienone is 4. The molecule has 0 saturated heterocycles. The summed E-state index contributed by atoms with van der Waals surface area (Å²) in [6.45, 7) is 2.19. The monoisotopic (exact) mass is 248 g/mol. The van der Waals surface area contributed by atoms with Gasteiger partial charge in [0.05, 0.1) is 9.70 Å². The van der Waals surface area contributed by atoms with Gasteiger partial charge in [-0.05, 0) is 6.42 Å². The summed E-state index contributed by atoms with van der Waals surface area (Å²) >= 11 is 9.99. The third-order valence-corrected chi connectivity index (χ3v) is 4.07. The maximum Gasteiger partial charge on any atom is 0.0788 e. The number of hydrogen-bond acceptors (Lipinski definition) is 0. The third-order valence-electron chi connectivity index (χ3n) is 2.14. The van der Waals surface area contributed by atoms with Crippen molar-refractivity contribution in [3.8, 4) is 0 Å². The average molecular weight is 250 g/mol. The topological polar surface area (TPSA) is 0 Å². The average Bonchev–Trinajstić information content (AvgIpc) is 2.07. The normalized spacial score (nSPS) is 34.1. The van der Waals surface area contributed by atoms with Crippen molar-refractivity contribution in [1.82, 2.24) is 0 Å². The van der Waals surface area contributed by atoms with Crippen LogP contribution in [-0.4, -0.2) is 9.70 Å². The molecule has 0 bridgehead atoms. The van der Waals surface area contributed by atoms with Crippen molar-refractivity contribution in [2.75, 3.05) is 0 Å². The minimum atomic E-state index is -0.190. The van der Waals surface area contributed by atoms with Crippen LogP contribution >= 0.6 is 27.5 Å². The smallest absolute Gasteiger partial charge is 0.0788 e. The highest BCUT2D eigenvalue weighted by atomic mass is 79.9. The largest absolute Gasteiger partial charge is 0.113 e. The molecule has 0 aromatic carbocycles. The van der Waals surface area contributed by atoms with Crippen LogP contribution in [0.15, 0.2) is 24.3 Å². The van der Waals surface area contributed by atoms with Crippen LogP contribution in [0.3, 0.4) is 0 Å². The van der Waals surface area contributed by atoms with Crippen LogP contribution < -0.4 is 0 Å². The van der Waals surface area contributed by atoms with Gasteiger partial charge in [-0.25, -0.2) is 0 Å². The Kier molecular flexibility index (Phi) is 3.85. The van der Waals surface area contributed by atoms with Crippen LogP contribution in [0.1, 0.15) is 26.2 Å². The molecule has 0 fully saturated rings. The molecule has 0 saturated carbocycles. The van der Waals surface area contributed by atoms with E-state index >= 15 is 0 Å². The molecule has 0 aliphatic heterocycles. The second-order valence-electron chi connectivity index (χ2n) is 3.18. The van der Waals surface area contributed by atoms with E-state index in [-0.39, 0.29) is 9.70 Å². The summed E-state index contributed by atoms with van der Waals surface area (Å²) in [5.74, 6) is 0. The second-order valence-corrected chi connectivity index (χ2v) is 4.87. The molecule has 0 aromatic rings. The molecular weight excluding hydrogens is 235 g/mol. The number of hydrogen-bond donors (Lipinski definition) is 0. The van der Waals surface area contributed by atoms with Crippen molar-refractivity contribution in [3.63, 3.8) is 0 Å². The van der Waals surface area contributed by atoms with E-state index < -0.39 is 0 Å². The zero-order valence-corrected chi connectivity index (χ0v) is 9.61. The Labute approximate surface area is 87.8 Å². The summed E-state index contributed by atoms with van der Waals surface area (Å²) in [7, 11) is 0. The molecule has 0 heterocycles. The van der Waals surface area contributed by atoms with Crippen LogP contribution in [0.25, 0.3) is 0 Å². The molecule has 2 heteroatoms. The van der Waals surface area contributed by atoms with E-state index in [9.17, 15) is 0 Å². The molecule has 0 N–H and O–H groups in total. The van der Waals surface area contributed by atoms with Gasteiger partial charge >= 0.3 is 0 Å². The fourth-order valence-corrected chi connectivity index (χ4v) is 2.13. The first-order valence-corrected chi connectivity index (χ1v) is 5.67. The number of unbranched alkanes of at least 4 members (excludes halogenated alkanes) is 1. The zero-order valence-electron chi connectivity index (χ0n) is 7.26. The van der Waals surface area contributed by atoms with Crippen LogP contribution in [-0.2, 0) is 0 Å². The summed E-state index contributed by atoms with van der Waals surface area (Å²) < 4.78 is 0. The van der Waals surface area contributed by atoms with Gasteiger partial charge in [-0.3, -0.25) is 0 Å². The highest BCUT2D eigenvalue weighted by molar-refractivity contribution is 9.09. The van der Waals surface area contributed by atoms with Gasteiger partial charge < -0.3 is 0 Å². The van der Waals surface area contributed by atoms with Crippen molar-refractivity contribution in [2.45, 2.75) is 35.9 Å². The van der Waals surface area contributed by atoms with Gasteiger partial charge in [0.1, 0.15) is 0 Å². The first kappa shape index (κ1) is 10.3. The predicted molar refractivity (Wildman–Crippen MR) is 59.1 cm³/mol. The molecule has 1 aliphatic carbocycles. The molecular formula is C10H14BrCl. The first-order chi connectivity index (χ1) is 5.69. The van der Waals surface area contributed by atoms with Crippen molar-refractivity contribution in [1.29, 1.82) is 0 Å². The molecule has 1 aliphatic rings. The number of halogens is 2. The standard InChI is InChI=1S/C10H14BrCl/c1-2-3-7-10(12)8-5-4-6-9(10)11/h4-6,8-9H,2-3,7H2,1H3. The van der Waals surface area contributed by atoms with Crippen molar-refractivity contribution < 1.29 is 0 Å². The van der Waals surface area contributed by atoms with Gasteiger partial charge in [0.15, 0.2) is 0 Å². The molecule has 2 unspecified atom stereocenters. The zero-order chi connectivity index (χ0) is 9.03. The minimum absolute atomic E-state index is 0.190. The van der Waals surface area contributed by atoms with Crippen LogP contribution in [0.4, 0.5) is 0 Å². The summed E-state index contributed by atoms with van der Waals surface area (Å²) in [6, 6.07) is 0. The molecule has 0 radical (unpaired) electrons. The minimum Gasteiger partial charge on any atom is -0.113 e. The van der Waals surface area contributed by atoms with Crippen molar-refractivity contribution in [3.05, 3.63) is 24.3 Å². The molecule has 12 heavy (non-hydrogen) atoms. The van der Waals surface area contributed by atoms with Gasteiger partial charge in [0, 0.05) is 0 Å². The van der Waals surface area contributed by atoms with Crippen LogP contribution in [0, 0.1) is 0 Å². The molecule has 0 spiro atoms. The van der Waals surface area contributed by atoms with Gasteiger partial charge in [-0.1, -0.05) is 60.0 Å². The van der Waals surface area contributed by atoms with Crippen molar-refractivity contribution >= 4 is 27.5 Å². The molecule has 1 rings (SSSR count). The van der Waals surface area contributed by atoms with Gasteiger partial charge in [0.25, 0.3) is 0 Å².